The fraction of sp³-hybridized carbons (Fsp3) is 0.447. The highest BCUT2D eigenvalue weighted by molar-refractivity contribution is 5.95. The molecule has 0 radical (unpaired) electrons. The molecule has 3 aromatic carbocycles. The average Bonchev–Trinajstić information content (AvgIpc) is 3.56. The second-order valence-electron chi connectivity index (χ2n) is 13.1. The molecule has 0 bridgehead atoms. The fourth-order valence-electron chi connectivity index (χ4n) is 7.37. The smallest absolute Gasteiger partial charge is 0.410 e. The summed E-state index contributed by atoms with van der Waals surface area (Å²) in [6.45, 7) is 11.6. The van der Waals surface area contributed by atoms with Crippen LogP contribution in [0.25, 0.3) is 10.8 Å². The number of carbonyl (C=O) groups excluding carboxylic acids is 1. The minimum atomic E-state index is -0.267. The number of amides is 1. The van der Waals surface area contributed by atoms with E-state index >= 15 is 0 Å². The van der Waals surface area contributed by atoms with Crippen molar-refractivity contribution in [3.8, 4) is 6.01 Å². The van der Waals surface area contributed by atoms with Gasteiger partial charge in [0.05, 0.1) is 12.2 Å². The van der Waals surface area contributed by atoms with Crippen LogP contribution in [0, 0.1) is 6.92 Å². The van der Waals surface area contributed by atoms with E-state index in [1.807, 2.05) is 30.3 Å². The Bertz CT molecular complexity index is 1690. The lowest BCUT2D eigenvalue weighted by Gasteiger charge is -2.38. The Labute approximate surface area is 278 Å². The van der Waals surface area contributed by atoms with Gasteiger partial charge in [-0.25, -0.2) is 4.79 Å². The minimum absolute atomic E-state index is 0.267. The largest absolute Gasteiger partial charge is 0.462 e. The summed E-state index contributed by atoms with van der Waals surface area (Å²) in [5.41, 5.74) is 5.72. The zero-order valence-electron chi connectivity index (χ0n) is 27.7. The van der Waals surface area contributed by atoms with E-state index in [0.717, 1.165) is 56.0 Å². The van der Waals surface area contributed by atoms with Gasteiger partial charge in [-0.1, -0.05) is 67.6 Å². The van der Waals surface area contributed by atoms with Crippen molar-refractivity contribution in [1.82, 2.24) is 19.8 Å². The summed E-state index contributed by atoms with van der Waals surface area (Å²) in [5, 5.41) is 2.52. The van der Waals surface area contributed by atoms with Crippen molar-refractivity contribution in [3.05, 3.63) is 89.1 Å². The maximum atomic E-state index is 12.9. The van der Waals surface area contributed by atoms with E-state index in [1.54, 1.807) is 4.90 Å². The molecule has 47 heavy (non-hydrogen) atoms. The van der Waals surface area contributed by atoms with E-state index in [1.165, 1.54) is 34.0 Å². The molecule has 4 heterocycles. The Morgan fingerprint density at radius 2 is 1.72 bits per heavy atom. The van der Waals surface area contributed by atoms with Crippen LogP contribution < -0.4 is 14.5 Å². The third-order valence-corrected chi connectivity index (χ3v) is 9.81. The van der Waals surface area contributed by atoms with E-state index in [9.17, 15) is 4.79 Å². The van der Waals surface area contributed by atoms with E-state index in [4.69, 9.17) is 19.4 Å². The van der Waals surface area contributed by atoms with Gasteiger partial charge in [0.2, 0.25) is 0 Å². The Balaban J connectivity index is 1.11. The first-order chi connectivity index (χ1) is 23.1. The van der Waals surface area contributed by atoms with Crippen molar-refractivity contribution in [2.45, 2.75) is 58.7 Å². The van der Waals surface area contributed by atoms with Gasteiger partial charge >= 0.3 is 12.1 Å². The summed E-state index contributed by atoms with van der Waals surface area (Å²) in [6.07, 6.45) is 4.08. The van der Waals surface area contributed by atoms with Crippen molar-refractivity contribution < 1.29 is 14.3 Å². The van der Waals surface area contributed by atoms with Gasteiger partial charge in [0, 0.05) is 55.4 Å². The maximum absolute atomic E-state index is 12.9. The summed E-state index contributed by atoms with van der Waals surface area (Å²) in [5.74, 6) is 0.952. The zero-order chi connectivity index (χ0) is 32.2. The molecule has 1 aromatic heterocycles. The number of nitrogens with zero attached hydrogens (tertiary/aromatic N) is 6. The number of anilines is 2. The molecule has 1 amide bonds. The van der Waals surface area contributed by atoms with Crippen molar-refractivity contribution in [1.29, 1.82) is 0 Å². The highest BCUT2D eigenvalue weighted by Gasteiger charge is 2.31. The Morgan fingerprint density at radius 3 is 2.55 bits per heavy atom. The molecular weight excluding hydrogens is 588 g/mol. The first-order valence-corrected chi connectivity index (χ1v) is 17.3. The lowest BCUT2D eigenvalue weighted by atomic mass is 10.0. The molecule has 4 aromatic rings. The molecule has 2 saturated heterocycles. The number of piperazine rings is 1. The Kier molecular flexibility index (Phi) is 9.42. The van der Waals surface area contributed by atoms with Gasteiger partial charge < -0.3 is 24.2 Å². The Hall–Kier alpha value is -4.37. The molecule has 1 atom stereocenters. The van der Waals surface area contributed by atoms with Gasteiger partial charge in [-0.3, -0.25) is 4.90 Å². The predicted molar refractivity (Wildman–Crippen MR) is 186 cm³/mol. The summed E-state index contributed by atoms with van der Waals surface area (Å²) in [7, 11) is 0. The summed E-state index contributed by atoms with van der Waals surface area (Å²) in [6, 6.07) is 23.9. The molecule has 9 nitrogen and oxygen atoms in total. The zero-order valence-corrected chi connectivity index (χ0v) is 27.7. The van der Waals surface area contributed by atoms with Crippen LogP contribution in [0.2, 0.25) is 0 Å². The van der Waals surface area contributed by atoms with Crippen LogP contribution in [0.5, 0.6) is 6.01 Å². The van der Waals surface area contributed by atoms with E-state index in [-0.39, 0.29) is 12.7 Å². The molecule has 7 rings (SSSR count). The van der Waals surface area contributed by atoms with Gasteiger partial charge in [0.1, 0.15) is 19.0 Å². The molecule has 0 unspecified atom stereocenters. The van der Waals surface area contributed by atoms with Crippen LogP contribution in [0.15, 0.2) is 66.7 Å². The van der Waals surface area contributed by atoms with Gasteiger partial charge in [-0.15, -0.1) is 0 Å². The minimum Gasteiger partial charge on any atom is -0.462 e. The summed E-state index contributed by atoms with van der Waals surface area (Å²) >= 11 is 0. The lowest BCUT2D eigenvalue weighted by molar-refractivity contribution is 0.0941. The molecule has 0 saturated carbocycles. The monoisotopic (exact) mass is 634 g/mol. The number of ether oxygens (including phenoxy) is 2. The molecule has 0 N–H and O–H groups in total. The van der Waals surface area contributed by atoms with Crippen LogP contribution >= 0.6 is 0 Å². The second-order valence-corrected chi connectivity index (χ2v) is 13.1. The molecule has 3 aliphatic heterocycles. The number of hydrogen-bond acceptors (Lipinski definition) is 8. The van der Waals surface area contributed by atoms with Crippen LogP contribution in [0.1, 0.15) is 48.6 Å². The predicted octanol–water partition coefficient (Wildman–Crippen LogP) is 6.21. The molecule has 0 spiro atoms. The number of hydrogen-bond donors (Lipinski definition) is 0. The van der Waals surface area contributed by atoms with Crippen molar-refractivity contribution in [2.24, 2.45) is 0 Å². The topological polar surface area (TPSA) is 74.3 Å². The fourth-order valence-corrected chi connectivity index (χ4v) is 7.37. The molecule has 246 valence electrons. The number of aromatic nitrogens is 2. The van der Waals surface area contributed by atoms with Crippen molar-refractivity contribution >= 4 is 28.4 Å². The quantitative estimate of drug-likeness (QED) is 0.215. The molecule has 0 aliphatic carbocycles. The summed E-state index contributed by atoms with van der Waals surface area (Å²) in [4.78, 5) is 32.2. The average molecular weight is 635 g/mol. The second kappa shape index (κ2) is 14.2. The number of likely N-dealkylation sites (tertiary alicyclic amines) is 1. The SMILES string of the molecule is CCCN1CCC[C@H]1COc1nc2c(c(N3CCN(C(=O)OCc4ccccc4)CC3)n1)CCN(c1cc(C)cc3ccccc13)C2. The first-order valence-electron chi connectivity index (χ1n) is 17.3. The van der Waals surface area contributed by atoms with Crippen LogP contribution in [-0.2, 0) is 24.3 Å². The van der Waals surface area contributed by atoms with E-state index in [2.05, 4.69) is 64.9 Å². The first kappa shape index (κ1) is 31.2. The number of rotatable bonds is 9. The number of carbonyl (C=O) groups is 1. The third kappa shape index (κ3) is 7.00. The van der Waals surface area contributed by atoms with Crippen LogP contribution in [-0.4, -0.2) is 84.3 Å². The molecule has 2 fully saturated rings. The van der Waals surface area contributed by atoms with Crippen LogP contribution in [0.3, 0.4) is 0 Å². The van der Waals surface area contributed by atoms with Gasteiger partial charge in [0.15, 0.2) is 0 Å². The molecule has 3 aliphatic rings. The van der Waals surface area contributed by atoms with Crippen LogP contribution in [0.4, 0.5) is 16.3 Å². The molecule has 9 heteroatoms. The number of fused-ring (bicyclic) bond motifs is 2. The third-order valence-electron chi connectivity index (χ3n) is 9.81. The number of benzene rings is 3. The van der Waals surface area contributed by atoms with Crippen molar-refractivity contribution in [3.63, 3.8) is 0 Å². The Morgan fingerprint density at radius 1 is 0.915 bits per heavy atom. The van der Waals surface area contributed by atoms with E-state index in [0.29, 0.717) is 51.4 Å². The highest BCUT2D eigenvalue weighted by atomic mass is 16.6. The molecular formula is C38H46N6O3. The standard InChI is InChI=1S/C38H46N6O3/c1-3-16-41-17-9-13-31(41)27-46-37-39-34-25-44(35-24-28(2)23-30-12-7-8-14-32(30)35)18-15-33(34)36(40-37)42-19-21-43(22-20-42)38(45)47-26-29-10-5-4-6-11-29/h4-8,10-12,14,23-24,31H,3,9,13,15-22,25-27H2,1-2H3/t31-/m0/s1. The maximum Gasteiger partial charge on any atom is 0.410 e. The number of aryl methyl sites for hydroxylation is 1. The lowest BCUT2D eigenvalue weighted by Crippen LogP contribution is -2.49. The van der Waals surface area contributed by atoms with Gasteiger partial charge in [-0.05, 0) is 68.3 Å². The van der Waals surface area contributed by atoms with Gasteiger partial charge in [-0.2, -0.15) is 9.97 Å². The highest BCUT2D eigenvalue weighted by Crippen LogP contribution is 2.35. The summed E-state index contributed by atoms with van der Waals surface area (Å²) < 4.78 is 12.1. The van der Waals surface area contributed by atoms with Gasteiger partial charge in [0.25, 0.3) is 0 Å². The van der Waals surface area contributed by atoms with Crippen molar-refractivity contribution in [2.75, 3.05) is 62.2 Å². The normalized spacial score (nSPS) is 18.4. The van der Waals surface area contributed by atoms with E-state index < -0.39 is 0 Å².